The van der Waals surface area contributed by atoms with Crippen LogP contribution in [0.1, 0.15) is 158 Å². The van der Waals surface area contributed by atoms with E-state index in [0.29, 0.717) is 88.8 Å². The second-order valence-corrected chi connectivity index (χ2v) is 35.2. The van der Waals surface area contributed by atoms with Gasteiger partial charge in [-0.1, -0.05) is 96.7 Å². The van der Waals surface area contributed by atoms with Gasteiger partial charge in [0.15, 0.2) is 34.3 Å². The van der Waals surface area contributed by atoms with Crippen molar-refractivity contribution in [2.24, 2.45) is 28.8 Å². The number of aromatic nitrogens is 3. The predicted molar refractivity (Wildman–Crippen MR) is 347 cm³/mol. The first-order valence-corrected chi connectivity index (χ1v) is 39.3. The van der Waals surface area contributed by atoms with Crippen LogP contribution in [0, 0.1) is 23.7 Å². The molecule has 21 nitrogen and oxygen atoms in total. The van der Waals surface area contributed by atoms with Gasteiger partial charge in [0.1, 0.15) is 17.2 Å². The molecule has 0 aliphatic carbocycles. The number of phenols is 1. The minimum Gasteiger partial charge on any atom is -0.508 e. The number of azide groups is 1. The molecule has 488 valence electrons. The summed E-state index contributed by atoms with van der Waals surface area (Å²) in [7, 11) is -2.27. The standard InChI is InChI=1S/C48H78N4O8SSi.C14H25N5O4SSi/c1-11-17-45(56)60-31-52(48(58)39(33(5)12-2)29-44(55)41-18-13-15-24-51(41)8)42(32(3)4)27-35(7)47-50-40(30-61-47)46(57)49-37(28-36-20-22-38(53)23-21-36)26-34(6)43(54)19-14-16-25-62(9,10)59;1-25(2,20)12-24-14-16-9-13(10-17-14)11-23-8-7-22-6-5-21-4-3-18-19-15/h20-23,30,32-35,37,39,41-42,53,59H,11-19,24-29,31H2,1-10H3,(H,49,57);9-10,20H,3-8,11-12H2,1-2H3/t33?,34-,35+,37+,39-,41+,42+;/m1./s1. The first-order valence-electron chi connectivity index (χ1n) is 31.1. The number of phenolic OH excluding ortho intramolecular Hbond substituents is 1. The lowest BCUT2D eigenvalue weighted by Gasteiger charge is -2.39. The van der Waals surface area contributed by atoms with Crippen molar-refractivity contribution in [3.8, 4) is 5.75 Å². The monoisotopic (exact) mass is 1290 g/mol. The molecule has 0 bridgehead atoms. The molecule has 87 heavy (non-hydrogen) atoms. The highest BCUT2D eigenvalue weighted by Gasteiger charge is 2.39. The number of thioether (sulfide) groups is 1. The van der Waals surface area contributed by atoms with Gasteiger partial charge in [-0.25, -0.2) is 15.0 Å². The molecule has 3 heterocycles. The highest BCUT2D eigenvalue weighted by atomic mass is 32.2. The third-order valence-corrected chi connectivity index (χ3v) is 21.8. The zero-order valence-electron chi connectivity index (χ0n) is 54.0. The van der Waals surface area contributed by atoms with Crippen molar-refractivity contribution in [1.29, 1.82) is 0 Å². The lowest BCUT2D eigenvalue weighted by molar-refractivity contribution is -0.160. The summed E-state index contributed by atoms with van der Waals surface area (Å²) in [5.41, 5.74) is 10.2. The van der Waals surface area contributed by atoms with Crippen molar-refractivity contribution in [2.45, 2.75) is 200 Å². The van der Waals surface area contributed by atoms with E-state index < -0.39 is 22.6 Å². The van der Waals surface area contributed by atoms with E-state index in [-0.39, 0.29) is 102 Å². The Kier molecular flexibility index (Phi) is 36.0. The van der Waals surface area contributed by atoms with Crippen LogP contribution in [-0.4, -0.2) is 169 Å². The number of likely N-dealkylation sites (tertiary alicyclic amines) is 1. The van der Waals surface area contributed by atoms with Gasteiger partial charge in [-0.05, 0) is 126 Å². The zero-order chi connectivity index (χ0) is 64.5. The molecule has 1 aliphatic rings. The van der Waals surface area contributed by atoms with Gasteiger partial charge in [-0.3, -0.25) is 28.9 Å². The van der Waals surface area contributed by atoms with Crippen LogP contribution in [0.15, 0.2) is 52.3 Å². The number of hydrogen-bond donors (Lipinski definition) is 4. The van der Waals surface area contributed by atoms with Crippen LogP contribution in [0.3, 0.4) is 0 Å². The molecule has 4 rings (SSSR count). The topological polar surface area (TPSA) is 289 Å². The number of nitrogens with one attached hydrogen (secondary N) is 1. The number of thiazole rings is 1. The highest BCUT2D eigenvalue weighted by molar-refractivity contribution is 8.00. The van der Waals surface area contributed by atoms with Crippen LogP contribution < -0.4 is 5.32 Å². The predicted octanol–water partition coefficient (Wildman–Crippen LogP) is 11.1. The highest BCUT2D eigenvalue weighted by Crippen LogP contribution is 2.33. The number of aromatic hydroxyl groups is 1. The quantitative estimate of drug-likeness (QED) is 0.00472. The lowest BCUT2D eigenvalue weighted by atomic mass is 9.82. The fourth-order valence-corrected chi connectivity index (χ4v) is 14.2. The Bertz CT molecular complexity index is 2550. The molecule has 2 amide bonds. The second-order valence-electron chi connectivity index (χ2n) is 24.7. The summed E-state index contributed by atoms with van der Waals surface area (Å²) in [4.78, 5) is 108. The van der Waals surface area contributed by atoms with Gasteiger partial charge in [0, 0.05) is 89.3 Å². The normalized spacial score (nSPS) is 15.9. The maximum atomic E-state index is 14.8. The van der Waals surface area contributed by atoms with Gasteiger partial charge in [-0.2, -0.15) is 0 Å². The average molecular weight is 1290 g/mol. The molecule has 1 aliphatic heterocycles. The lowest BCUT2D eigenvalue weighted by Crippen LogP contribution is -2.50. The van der Waals surface area contributed by atoms with Gasteiger partial charge in [0.25, 0.3) is 5.91 Å². The number of ether oxygens (including phenoxy) is 4. The summed E-state index contributed by atoms with van der Waals surface area (Å²) in [6.07, 6.45) is 11.4. The average Bonchev–Trinajstić information content (AvgIpc) is 4.23. The third-order valence-electron chi connectivity index (χ3n) is 15.3. The van der Waals surface area contributed by atoms with Crippen LogP contribution in [0.5, 0.6) is 5.75 Å². The molecule has 1 saturated heterocycles. The number of hydrogen-bond acceptors (Lipinski definition) is 19. The van der Waals surface area contributed by atoms with Crippen molar-refractivity contribution in [1.82, 2.24) is 30.1 Å². The van der Waals surface area contributed by atoms with Crippen LogP contribution in [-0.2, 0) is 51.2 Å². The minimum atomic E-state index is -2.17. The molecule has 0 spiro atoms. The van der Waals surface area contributed by atoms with Crippen LogP contribution in [0.2, 0.25) is 32.2 Å². The Hall–Kier alpha value is -4.67. The van der Waals surface area contributed by atoms with Crippen molar-refractivity contribution < 1.29 is 57.6 Å². The van der Waals surface area contributed by atoms with Crippen LogP contribution >= 0.6 is 23.1 Å². The number of benzene rings is 1. The van der Waals surface area contributed by atoms with Crippen molar-refractivity contribution in [2.75, 3.05) is 65.3 Å². The molecule has 3 aromatic rings. The molecule has 1 aromatic carbocycles. The summed E-state index contributed by atoms with van der Waals surface area (Å²) in [6, 6.07) is 6.67. The van der Waals surface area contributed by atoms with E-state index in [1.807, 2.05) is 93.8 Å². The number of unbranched alkanes of at least 4 members (excludes halogenated alkanes) is 1. The zero-order valence-corrected chi connectivity index (χ0v) is 57.7. The van der Waals surface area contributed by atoms with E-state index in [0.717, 1.165) is 67.2 Å². The molecule has 0 saturated carbocycles. The number of Topliss-reactive ketones (excluding diaryl/α,β-unsaturated/α-hetero) is 2. The van der Waals surface area contributed by atoms with Crippen molar-refractivity contribution >= 4 is 69.1 Å². The molecule has 1 fully saturated rings. The Balaban J connectivity index is 0.000000659. The number of esters is 1. The van der Waals surface area contributed by atoms with Crippen molar-refractivity contribution in [3.05, 3.63) is 74.3 Å². The SMILES string of the molecule is CCCC(=O)OCN(C(=O)[C@H](CC(=O)[C@@H]1CCCCN1C)C(C)CC)[C@@H](C[C@H](C)c1nc(C(=O)N[C@H](Cc2ccc(O)cc2)C[C@@H](C)C(=O)CCCC[Si](C)(C)O)cs1)C(C)C.C[Si](C)(O)CSc1ncc(COCCOCCOCCN=[N+]=[N-])cn1. The molecular formula is C62H103N9O12S2Si2. The smallest absolute Gasteiger partial charge is 0.307 e. The van der Waals surface area contributed by atoms with E-state index >= 15 is 0 Å². The van der Waals surface area contributed by atoms with E-state index in [4.69, 9.17) is 29.5 Å². The van der Waals surface area contributed by atoms with Gasteiger partial charge in [0.2, 0.25) is 5.91 Å². The fourth-order valence-electron chi connectivity index (χ4n) is 9.99. The Labute approximate surface area is 528 Å². The van der Waals surface area contributed by atoms with Crippen LogP contribution in [0.25, 0.3) is 10.4 Å². The molecule has 1 unspecified atom stereocenters. The second kappa shape index (κ2) is 40.9. The molecule has 7 atom stereocenters. The number of piperidine rings is 1. The molecule has 2 aromatic heterocycles. The summed E-state index contributed by atoms with van der Waals surface area (Å²) in [6.45, 7) is 25.3. The number of rotatable bonds is 41. The van der Waals surface area contributed by atoms with Crippen molar-refractivity contribution in [3.63, 3.8) is 0 Å². The maximum absolute atomic E-state index is 14.8. The Morgan fingerprint density at radius 1 is 0.897 bits per heavy atom. The molecule has 0 radical (unpaired) electrons. The first-order chi connectivity index (χ1) is 41.2. The van der Waals surface area contributed by atoms with Gasteiger partial charge < -0.3 is 43.9 Å². The van der Waals surface area contributed by atoms with Gasteiger partial charge in [-0.15, -0.1) is 11.3 Å². The number of amides is 2. The molecule has 25 heteroatoms. The number of likely N-dealkylation sites (N-methyl/N-ethyl adjacent to an activating group) is 1. The Morgan fingerprint density at radius 2 is 1.56 bits per heavy atom. The summed E-state index contributed by atoms with van der Waals surface area (Å²) in [5.74, 6) is -1.65. The summed E-state index contributed by atoms with van der Waals surface area (Å²) in [5, 5.41) is 20.2. The number of ketones is 2. The van der Waals surface area contributed by atoms with Gasteiger partial charge in [0.05, 0.1) is 50.7 Å². The number of nitrogens with zero attached hydrogens (tertiary/aromatic N) is 8. The summed E-state index contributed by atoms with van der Waals surface area (Å²) < 4.78 is 21.8. The van der Waals surface area contributed by atoms with E-state index in [1.165, 1.54) is 23.1 Å². The third kappa shape index (κ3) is 31.1. The van der Waals surface area contributed by atoms with Crippen LogP contribution in [0.4, 0.5) is 0 Å². The fraction of sp³-hybridized carbons (Fsp3) is 0.710. The van der Waals surface area contributed by atoms with Gasteiger partial charge >= 0.3 is 5.97 Å². The maximum Gasteiger partial charge on any atom is 0.307 e. The van der Waals surface area contributed by atoms with E-state index in [2.05, 4.69) is 30.2 Å². The number of carbonyl (C=O) groups is 5. The molecule has 4 N–H and O–H groups in total. The summed E-state index contributed by atoms with van der Waals surface area (Å²) >= 11 is 2.86. The minimum absolute atomic E-state index is 0.0273. The molecular weight excluding hydrogens is 1180 g/mol. The van der Waals surface area contributed by atoms with E-state index in [1.54, 1.807) is 34.8 Å². The first kappa shape index (κ1) is 76.6. The Morgan fingerprint density at radius 3 is 2.17 bits per heavy atom. The largest absolute Gasteiger partial charge is 0.508 e. The number of carbonyl (C=O) groups excluding carboxylic acids is 5. The van der Waals surface area contributed by atoms with E-state index in [9.17, 15) is 38.7 Å².